The maximum absolute atomic E-state index is 10.7. The van der Waals surface area contributed by atoms with Gasteiger partial charge >= 0.3 is 5.97 Å². The van der Waals surface area contributed by atoms with E-state index in [9.17, 15) is 9.90 Å². The second kappa shape index (κ2) is 21.7. The Hall–Kier alpha value is -1.85. The zero-order valence-electron chi connectivity index (χ0n) is 22.1. The van der Waals surface area contributed by atoms with Gasteiger partial charge in [-0.1, -0.05) is 94.4 Å². The van der Waals surface area contributed by atoms with Crippen LogP contribution in [0.2, 0.25) is 0 Å². The van der Waals surface area contributed by atoms with Gasteiger partial charge in [0.1, 0.15) is 6.54 Å². The van der Waals surface area contributed by atoms with Crippen molar-refractivity contribution in [1.29, 1.82) is 0 Å². The highest BCUT2D eigenvalue weighted by molar-refractivity contribution is 5.90. The number of hydrogen-bond acceptors (Lipinski definition) is 3. The number of benzene rings is 1. The minimum atomic E-state index is -1.18. The minimum absolute atomic E-state index is 0.178. The van der Waals surface area contributed by atoms with E-state index in [2.05, 4.69) is 33.2 Å². The molecule has 5 nitrogen and oxygen atoms in total. The van der Waals surface area contributed by atoms with Gasteiger partial charge in [-0.3, -0.25) is 0 Å². The van der Waals surface area contributed by atoms with Gasteiger partial charge in [-0.15, -0.1) is 0 Å². The van der Waals surface area contributed by atoms with E-state index in [-0.39, 0.29) is 5.56 Å². The fourth-order valence-electron chi connectivity index (χ4n) is 3.81. The van der Waals surface area contributed by atoms with Crippen molar-refractivity contribution in [2.45, 2.75) is 96.8 Å². The first-order chi connectivity index (χ1) is 16.3. The van der Waals surface area contributed by atoms with Crippen LogP contribution in [-0.2, 0) is 0 Å². The molecule has 1 aromatic carbocycles. The smallest absolute Gasteiger partial charge is 0.335 e. The van der Waals surface area contributed by atoms with E-state index in [4.69, 9.17) is 10.2 Å². The molecule has 0 atom stereocenters. The Labute approximate surface area is 209 Å². The van der Waals surface area contributed by atoms with Gasteiger partial charge < -0.3 is 19.8 Å². The van der Waals surface area contributed by atoms with Gasteiger partial charge in [-0.25, -0.2) is 4.79 Å². The largest absolute Gasteiger partial charge is 0.872 e. The molecule has 0 saturated heterocycles. The summed E-state index contributed by atoms with van der Waals surface area (Å²) in [5, 5.41) is 28.1. The molecule has 196 valence electrons. The zero-order valence-corrected chi connectivity index (χ0v) is 22.1. The number of allylic oxidation sites excluding steroid dienone is 2. The number of unbranched alkanes of at least 4 members (excludes halogenated alkanes) is 12. The molecule has 0 spiro atoms. The number of aliphatic hydroxyl groups is 1. The number of carboxylic acids is 1. The van der Waals surface area contributed by atoms with Crippen LogP contribution in [0.25, 0.3) is 0 Å². The van der Waals surface area contributed by atoms with Crippen molar-refractivity contribution >= 4 is 5.97 Å². The first kappa shape index (κ1) is 32.1. The molecule has 0 bridgehead atoms. The van der Waals surface area contributed by atoms with Gasteiger partial charge in [-0.05, 0) is 44.6 Å². The summed E-state index contributed by atoms with van der Waals surface area (Å²) in [4.78, 5) is 10.2. The van der Waals surface area contributed by atoms with Crippen LogP contribution in [0.1, 0.15) is 107 Å². The topological polar surface area (TPSA) is 80.6 Å². The fourth-order valence-corrected chi connectivity index (χ4v) is 3.81. The molecule has 0 aliphatic carbocycles. The van der Waals surface area contributed by atoms with E-state index in [0.717, 1.165) is 11.0 Å². The number of rotatable bonds is 19. The lowest BCUT2D eigenvalue weighted by Gasteiger charge is -2.28. The Morgan fingerprint density at radius 3 is 1.79 bits per heavy atom. The zero-order chi connectivity index (χ0) is 25.5. The molecule has 1 rings (SSSR count). The summed E-state index contributed by atoms with van der Waals surface area (Å²) in [5.74, 6) is -1.62. The van der Waals surface area contributed by atoms with Crippen LogP contribution in [0.3, 0.4) is 0 Å². The first-order valence-corrected chi connectivity index (χ1v) is 13.4. The van der Waals surface area contributed by atoms with Crippen LogP contribution in [0.15, 0.2) is 36.4 Å². The lowest BCUT2D eigenvalue weighted by Crippen LogP contribution is -2.42. The molecule has 2 N–H and O–H groups in total. The Balaban J connectivity index is 0.000000896. The van der Waals surface area contributed by atoms with Crippen LogP contribution in [0, 0.1) is 0 Å². The van der Waals surface area contributed by atoms with Crippen molar-refractivity contribution in [3.63, 3.8) is 0 Å². The molecule has 1 aromatic rings. The quantitative estimate of drug-likeness (QED) is 0.134. The Bertz CT molecular complexity index is 643. The molecule has 0 heterocycles. The monoisotopic (exact) mass is 477 g/mol. The lowest BCUT2D eigenvalue weighted by atomic mass is 10.1. The van der Waals surface area contributed by atoms with E-state index >= 15 is 0 Å². The average Bonchev–Trinajstić information content (AvgIpc) is 2.79. The molecule has 0 aromatic heterocycles. The summed E-state index contributed by atoms with van der Waals surface area (Å²) in [6.45, 7) is 4.66. The van der Waals surface area contributed by atoms with Gasteiger partial charge in [0, 0.05) is 0 Å². The SMILES string of the molecule is CCCCCCCC/C=C\CCCCCCCC[N+](C)(C)CCO.O=C(O)c1ccccc1[O-]. The normalized spacial score (nSPS) is 11.4. The Morgan fingerprint density at radius 2 is 1.32 bits per heavy atom. The summed E-state index contributed by atoms with van der Waals surface area (Å²) in [6, 6.07) is 5.54. The second-order valence-corrected chi connectivity index (χ2v) is 9.85. The maximum atomic E-state index is 10.7. The molecule has 0 unspecified atom stereocenters. The Kier molecular flexibility index (Phi) is 20.5. The summed E-state index contributed by atoms with van der Waals surface area (Å²) >= 11 is 0. The van der Waals surface area contributed by atoms with Gasteiger partial charge in [0.25, 0.3) is 0 Å². The molecule has 0 radical (unpaired) electrons. The average molecular weight is 478 g/mol. The Morgan fingerprint density at radius 1 is 0.824 bits per heavy atom. The fraction of sp³-hybridized carbons (Fsp3) is 0.690. The summed E-state index contributed by atoms with van der Waals surface area (Å²) in [6.07, 6.45) is 23.9. The number of carboxylic acid groups (broad SMARTS) is 1. The van der Waals surface area contributed by atoms with Crippen LogP contribution in [0.5, 0.6) is 5.75 Å². The van der Waals surface area contributed by atoms with Crippen LogP contribution in [0.4, 0.5) is 0 Å². The standard InChI is InChI=1S/C22H46NO.C7H6O3/c1-4-5-6-7-8-9-10-11-12-13-14-15-16-17-18-19-20-23(2,3)21-22-24;8-6-4-2-1-3-5(6)7(9)10/h11-12,24H,4-10,13-22H2,1-3H3;1-4,8H,(H,9,10)/q+1;/p-1/b12-11-;. The molecule has 34 heavy (non-hydrogen) atoms. The van der Waals surface area contributed by atoms with E-state index in [1.807, 2.05) is 0 Å². The number of aliphatic hydroxyl groups excluding tert-OH is 1. The van der Waals surface area contributed by atoms with Crippen LogP contribution >= 0.6 is 0 Å². The third kappa shape index (κ3) is 19.6. The summed E-state index contributed by atoms with van der Waals surface area (Å²) in [5.41, 5.74) is -0.178. The van der Waals surface area contributed by atoms with E-state index in [0.29, 0.717) is 6.61 Å². The number of aromatic carboxylic acids is 1. The predicted octanol–water partition coefficient (Wildman–Crippen LogP) is 6.55. The van der Waals surface area contributed by atoms with Gasteiger partial charge in [0.15, 0.2) is 0 Å². The van der Waals surface area contributed by atoms with Gasteiger partial charge in [0.2, 0.25) is 0 Å². The van der Waals surface area contributed by atoms with Crippen LogP contribution < -0.4 is 5.11 Å². The molecule has 0 aliphatic heterocycles. The number of para-hydroxylation sites is 1. The van der Waals surface area contributed by atoms with E-state index in [1.54, 1.807) is 0 Å². The molecular weight excluding hydrogens is 426 g/mol. The first-order valence-electron chi connectivity index (χ1n) is 13.4. The highest BCUT2D eigenvalue weighted by atomic mass is 16.4. The van der Waals surface area contributed by atoms with Crippen molar-refractivity contribution in [3.8, 4) is 5.75 Å². The van der Waals surface area contributed by atoms with Crippen molar-refractivity contribution in [2.75, 3.05) is 33.8 Å². The molecule has 0 aliphatic rings. The highest BCUT2D eigenvalue weighted by Gasteiger charge is 2.12. The second-order valence-electron chi connectivity index (χ2n) is 9.85. The number of likely N-dealkylation sites (N-methyl/N-ethyl adjacent to an activating group) is 1. The molecule has 0 fully saturated rings. The minimum Gasteiger partial charge on any atom is -0.872 e. The van der Waals surface area contributed by atoms with E-state index in [1.165, 1.54) is 121 Å². The van der Waals surface area contributed by atoms with Gasteiger partial charge in [0.05, 0.1) is 32.8 Å². The molecular formula is C29H51NO4. The third-order valence-electron chi connectivity index (χ3n) is 6.10. The molecule has 0 saturated carbocycles. The van der Waals surface area contributed by atoms with Crippen molar-refractivity contribution in [1.82, 2.24) is 0 Å². The van der Waals surface area contributed by atoms with Crippen LogP contribution in [-0.4, -0.2) is 54.5 Å². The number of nitrogens with zero attached hydrogens (tertiary/aromatic N) is 1. The van der Waals surface area contributed by atoms with Crippen molar-refractivity contribution < 1.29 is 24.6 Å². The number of hydrogen-bond donors (Lipinski definition) is 2. The maximum Gasteiger partial charge on any atom is 0.335 e. The predicted molar refractivity (Wildman–Crippen MR) is 141 cm³/mol. The number of carbonyl (C=O) groups is 1. The summed E-state index contributed by atoms with van der Waals surface area (Å²) < 4.78 is 0.958. The van der Waals surface area contributed by atoms with Crippen molar-refractivity contribution in [2.24, 2.45) is 0 Å². The lowest BCUT2D eigenvalue weighted by molar-refractivity contribution is -0.890. The molecule has 0 amide bonds. The van der Waals surface area contributed by atoms with Gasteiger partial charge in [-0.2, -0.15) is 0 Å². The number of quaternary nitrogens is 1. The van der Waals surface area contributed by atoms with E-state index < -0.39 is 11.7 Å². The summed E-state index contributed by atoms with van der Waals surface area (Å²) in [7, 11) is 4.43. The highest BCUT2D eigenvalue weighted by Crippen LogP contribution is 2.12. The third-order valence-corrected chi connectivity index (χ3v) is 6.10. The van der Waals surface area contributed by atoms with Crippen molar-refractivity contribution in [3.05, 3.63) is 42.0 Å². The molecule has 5 heteroatoms.